The molecule has 26 heavy (non-hydrogen) atoms. The van der Waals surface area contributed by atoms with Crippen LogP contribution in [0.1, 0.15) is 49.0 Å². The normalized spacial score (nSPS) is 14.7. The third kappa shape index (κ3) is 5.18. The van der Waals surface area contributed by atoms with E-state index in [1.807, 2.05) is 24.3 Å². The van der Waals surface area contributed by atoms with Crippen LogP contribution in [0.2, 0.25) is 0 Å². The molecule has 0 saturated heterocycles. The predicted octanol–water partition coefficient (Wildman–Crippen LogP) is 3.93. The van der Waals surface area contributed by atoms with E-state index in [4.69, 9.17) is 4.74 Å². The summed E-state index contributed by atoms with van der Waals surface area (Å²) in [6, 6.07) is 9.11. The van der Waals surface area contributed by atoms with Crippen LogP contribution in [0.15, 0.2) is 36.5 Å². The number of carbonyl (C=O) groups is 1. The number of amides is 1. The Kier molecular flexibility index (Phi) is 6.41. The van der Waals surface area contributed by atoms with Crippen molar-refractivity contribution in [3.05, 3.63) is 42.2 Å². The molecular formula is C20H26N4O2. The molecule has 1 saturated carbocycles. The highest BCUT2D eigenvalue weighted by molar-refractivity contribution is 5.92. The fourth-order valence-electron chi connectivity index (χ4n) is 3.33. The van der Waals surface area contributed by atoms with Gasteiger partial charge in [-0.2, -0.15) is 0 Å². The van der Waals surface area contributed by atoms with Gasteiger partial charge in [0, 0.05) is 24.5 Å². The monoisotopic (exact) mass is 354 g/mol. The molecule has 1 aliphatic carbocycles. The van der Waals surface area contributed by atoms with Gasteiger partial charge in [-0.05, 0) is 30.5 Å². The lowest BCUT2D eigenvalue weighted by Crippen LogP contribution is -2.27. The minimum absolute atomic E-state index is 0.156. The van der Waals surface area contributed by atoms with Crippen molar-refractivity contribution in [2.45, 2.75) is 38.5 Å². The first-order valence-electron chi connectivity index (χ1n) is 9.27. The maximum atomic E-state index is 12.3. The molecule has 6 heteroatoms. The summed E-state index contributed by atoms with van der Waals surface area (Å²) in [5.41, 5.74) is 1.17. The van der Waals surface area contributed by atoms with Crippen LogP contribution in [-0.4, -0.2) is 29.5 Å². The lowest BCUT2D eigenvalue weighted by atomic mass is 9.87. The molecule has 0 unspecified atom stereocenters. The highest BCUT2D eigenvalue weighted by atomic mass is 16.5. The van der Waals surface area contributed by atoms with Crippen LogP contribution in [0.4, 0.5) is 11.6 Å². The highest BCUT2D eigenvalue weighted by Crippen LogP contribution is 2.25. The summed E-state index contributed by atoms with van der Waals surface area (Å²) >= 11 is 0. The Morgan fingerprint density at radius 2 is 2.08 bits per heavy atom. The van der Waals surface area contributed by atoms with Gasteiger partial charge < -0.3 is 15.4 Å². The molecule has 1 aromatic carbocycles. The number of rotatable bonds is 7. The summed E-state index contributed by atoms with van der Waals surface area (Å²) in [5.74, 6) is 1.72. The zero-order chi connectivity index (χ0) is 18.2. The Bertz CT molecular complexity index is 729. The SMILES string of the molecule is COc1cccc(Nc2nccc(C(=O)NCCC3CCCCC3)n2)c1. The number of methoxy groups -OCH3 is 1. The van der Waals surface area contributed by atoms with Crippen LogP contribution in [0.3, 0.4) is 0 Å². The van der Waals surface area contributed by atoms with Crippen molar-refractivity contribution in [3.8, 4) is 5.75 Å². The van der Waals surface area contributed by atoms with Gasteiger partial charge in [0.15, 0.2) is 0 Å². The van der Waals surface area contributed by atoms with Crippen molar-refractivity contribution in [1.82, 2.24) is 15.3 Å². The summed E-state index contributed by atoms with van der Waals surface area (Å²) < 4.78 is 5.20. The standard InChI is InChI=1S/C20H26N4O2/c1-26-17-9-5-8-16(14-17)23-20-22-13-11-18(24-20)19(25)21-12-10-15-6-3-2-4-7-15/h5,8-9,11,13-15H,2-4,6-7,10,12H2,1H3,(H,21,25)(H,22,23,24). The molecule has 0 aliphatic heterocycles. The average molecular weight is 354 g/mol. The molecular weight excluding hydrogens is 328 g/mol. The van der Waals surface area contributed by atoms with Crippen molar-refractivity contribution in [1.29, 1.82) is 0 Å². The third-order valence-corrected chi connectivity index (χ3v) is 4.78. The number of nitrogens with zero attached hydrogens (tertiary/aromatic N) is 2. The largest absolute Gasteiger partial charge is 0.497 e. The zero-order valence-electron chi connectivity index (χ0n) is 15.2. The molecule has 0 bridgehead atoms. The highest BCUT2D eigenvalue weighted by Gasteiger charge is 2.14. The molecule has 0 spiro atoms. The third-order valence-electron chi connectivity index (χ3n) is 4.78. The molecule has 3 rings (SSSR count). The maximum Gasteiger partial charge on any atom is 0.270 e. The van der Waals surface area contributed by atoms with E-state index in [-0.39, 0.29) is 5.91 Å². The van der Waals surface area contributed by atoms with Gasteiger partial charge in [-0.1, -0.05) is 38.2 Å². The van der Waals surface area contributed by atoms with E-state index in [9.17, 15) is 4.79 Å². The minimum atomic E-state index is -0.156. The Balaban J connectivity index is 1.54. The van der Waals surface area contributed by atoms with Crippen molar-refractivity contribution in [3.63, 3.8) is 0 Å². The summed E-state index contributed by atoms with van der Waals surface area (Å²) in [7, 11) is 1.62. The summed E-state index contributed by atoms with van der Waals surface area (Å²) in [4.78, 5) is 20.8. The molecule has 1 aromatic heterocycles. The van der Waals surface area contributed by atoms with E-state index in [2.05, 4.69) is 20.6 Å². The van der Waals surface area contributed by atoms with E-state index in [0.717, 1.165) is 23.8 Å². The Labute approximate surface area is 154 Å². The van der Waals surface area contributed by atoms with Crippen molar-refractivity contribution < 1.29 is 9.53 Å². The number of carbonyl (C=O) groups excluding carboxylic acids is 1. The molecule has 138 valence electrons. The number of hydrogen-bond acceptors (Lipinski definition) is 5. The fraction of sp³-hybridized carbons (Fsp3) is 0.450. The molecule has 1 fully saturated rings. The van der Waals surface area contributed by atoms with Crippen molar-refractivity contribution in [2.24, 2.45) is 5.92 Å². The lowest BCUT2D eigenvalue weighted by molar-refractivity contribution is 0.0945. The van der Waals surface area contributed by atoms with Crippen molar-refractivity contribution in [2.75, 3.05) is 19.0 Å². The lowest BCUT2D eigenvalue weighted by Gasteiger charge is -2.21. The molecule has 0 radical (unpaired) electrons. The second kappa shape index (κ2) is 9.17. The van der Waals surface area contributed by atoms with Gasteiger partial charge in [0.1, 0.15) is 11.4 Å². The van der Waals surface area contributed by atoms with Crippen LogP contribution in [-0.2, 0) is 0 Å². The van der Waals surface area contributed by atoms with Crippen LogP contribution >= 0.6 is 0 Å². The fourth-order valence-corrected chi connectivity index (χ4v) is 3.33. The van der Waals surface area contributed by atoms with E-state index >= 15 is 0 Å². The molecule has 1 heterocycles. The first-order valence-corrected chi connectivity index (χ1v) is 9.27. The van der Waals surface area contributed by atoms with Crippen LogP contribution in [0.25, 0.3) is 0 Å². The van der Waals surface area contributed by atoms with E-state index in [1.165, 1.54) is 32.1 Å². The number of aromatic nitrogens is 2. The minimum Gasteiger partial charge on any atom is -0.497 e. The Hall–Kier alpha value is -2.63. The smallest absolute Gasteiger partial charge is 0.270 e. The Morgan fingerprint density at radius 3 is 2.88 bits per heavy atom. The number of hydrogen-bond donors (Lipinski definition) is 2. The molecule has 2 N–H and O–H groups in total. The summed E-state index contributed by atoms with van der Waals surface area (Å²) in [6.07, 6.45) is 9.22. The number of ether oxygens (including phenoxy) is 1. The van der Waals surface area contributed by atoms with Gasteiger partial charge in [-0.15, -0.1) is 0 Å². The van der Waals surface area contributed by atoms with Crippen molar-refractivity contribution >= 4 is 17.5 Å². The average Bonchev–Trinajstić information content (AvgIpc) is 2.69. The predicted molar refractivity (Wildman–Crippen MR) is 102 cm³/mol. The molecule has 1 amide bonds. The first-order chi connectivity index (χ1) is 12.7. The quantitative estimate of drug-likeness (QED) is 0.788. The van der Waals surface area contributed by atoms with Crippen LogP contribution in [0, 0.1) is 5.92 Å². The second-order valence-electron chi connectivity index (χ2n) is 6.67. The number of benzene rings is 1. The van der Waals surface area contributed by atoms with Gasteiger partial charge in [0.05, 0.1) is 7.11 Å². The number of nitrogens with one attached hydrogen (secondary N) is 2. The van der Waals surface area contributed by atoms with Gasteiger partial charge >= 0.3 is 0 Å². The van der Waals surface area contributed by atoms with Gasteiger partial charge in [-0.3, -0.25) is 4.79 Å². The number of anilines is 2. The maximum absolute atomic E-state index is 12.3. The zero-order valence-corrected chi connectivity index (χ0v) is 15.2. The van der Waals surface area contributed by atoms with E-state index < -0.39 is 0 Å². The van der Waals surface area contributed by atoms with Crippen LogP contribution < -0.4 is 15.4 Å². The summed E-state index contributed by atoms with van der Waals surface area (Å²) in [6.45, 7) is 0.701. The van der Waals surface area contributed by atoms with Gasteiger partial charge in [-0.25, -0.2) is 9.97 Å². The van der Waals surface area contributed by atoms with Crippen LogP contribution in [0.5, 0.6) is 5.75 Å². The van der Waals surface area contributed by atoms with E-state index in [0.29, 0.717) is 18.2 Å². The van der Waals surface area contributed by atoms with Gasteiger partial charge in [0.2, 0.25) is 5.95 Å². The van der Waals surface area contributed by atoms with Gasteiger partial charge in [0.25, 0.3) is 5.91 Å². The topological polar surface area (TPSA) is 76.1 Å². The first kappa shape index (κ1) is 18.2. The molecule has 2 aromatic rings. The van der Waals surface area contributed by atoms with E-state index in [1.54, 1.807) is 19.4 Å². The summed E-state index contributed by atoms with van der Waals surface area (Å²) in [5, 5.41) is 6.08. The molecule has 0 atom stereocenters. The molecule has 6 nitrogen and oxygen atoms in total. The second-order valence-corrected chi connectivity index (χ2v) is 6.67. The molecule has 1 aliphatic rings. The Morgan fingerprint density at radius 1 is 1.23 bits per heavy atom.